The van der Waals surface area contributed by atoms with Crippen molar-refractivity contribution < 1.29 is 41.1 Å². The van der Waals surface area contributed by atoms with Crippen LogP contribution in [0, 0.1) is 23.1 Å². The van der Waals surface area contributed by atoms with E-state index < -0.39 is 68.7 Å². The van der Waals surface area contributed by atoms with E-state index in [-0.39, 0.29) is 66.3 Å². The maximum absolute atomic E-state index is 15.2. The number of hydrogen-bond donors (Lipinski definition) is 2. The van der Waals surface area contributed by atoms with Gasteiger partial charge in [0, 0.05) is 50.9 Å². The summed E-state index contributed by atoms with van der Waals surface area (Å²) in [6.45, 7) is 1.97. The average molecular weight is 947 g/mol. The molecule has 2 N–H and O–H groups in total. The maximum Gasteiger partial charge on any atom is 0.301 e. The number of imide groups is 2. The monoisotopic (exact) mass is 946 g/mol. The standard InChI is InChI=1S/C47H44F2N10O8S/c48-28-15-19-56(25-28)68(65,66)54-39-9-7-37(49)43(36(39)23-50)67-32-5-8-38-35(22-32)45(62)58(26-52-38)31-4-11-41(51-24-31)55-17-13-27(14-18-55)20-29-2-1-16-57(29)30-3-6-33-34(21-30)47(64)59(46(33)63)40-10-12-42(60)53-44(40)61/h3-9,11,21-22,24,26-29,40,54H,1-2,10,12-20,25H2,(H,53,60,61)/t28-,29?,40?/m1/s1. The molecule has 4 saturated heterocycles. The van der Waals surface area contributed by atoms with E-state index in [0.717, 1.165) is 84.6 Å². The van der Waals surface area contributed by atoms with E-state index in [4.69, 9.17) is 9.72 Å². The third-order valence-corrected chi connectivity index (χ3v) is 15.0. The van der Waals surface area contributed by atoms with Gasteiger partial charge in [0.1, 0.15) is 41.7 Å². The van der Waals surface area contributed by atoms with Crippen molar-refractivity contribution in [3.63, 3.8) is 0 Å². The van der Waals surface area contributed by atoms with E-state index in [0.29, 0.717) is 17.1 Å². The number of carbonyl (C=O) groups is 4. The lowest BCUT2D eigenvalue weighted by Crippen LogP contribution is -2.54. The summed E-state index contributed by atoms with van der Waals surface area (Å²) < 4.78 is 65.1. The minimum atomic E-state index is -4.26. The first-order valence-electron chi connectivity index (χ1n) is 22.4. The number of aromatic nitrogens is 3. The van der Waals surface area contributed by atoms with Gasteiger partial charge in [0.05, 0.1) is 39.6 Å². The van der Waals surface area contributed by atoms with Crippen LogP contribution in [0.4, 0.5) is 26.0 Å². The first kappa shape index (κ1) is 44.5. The van der Waals surface area contributed by atoms with Crippen LogP contribution in [0.2, 0.25) is 0 Å². The van der Waals surface area contributed by atoms with Crippen molar-refractivity contribution in [3.05, 3.63) is 106 Å². The molecule has 3 atom stereocenters. The number of ether oxygens (including phenoxy) is 1. The number of nitrogens with zero attached hydrogens (tertiary/aromatic N) is 8. The predicted molar refractivity (Wildman–Crippen MR) is 243 cm³/mol. The number of piperidine rings is 2. The number of nitrogens with one attached hydrogen (secondary N) is 2. The van der Waals surface area contributed by atoms with Crippen molar-refractivity contribution in [1.82, 2.24) is 29.1 Å². The molecule has 0 aliphatic carbocycles. The van der Waals surface area contributed by atoms with Crippen molar-refractivity contribution in [2.45, 2.75) is 69.6 Å². The third kappa shape index (κ3) is 8.27. The van der Waals surface area contributed by atoms with Gasteiger partial charge in [-0.25, -0.2) is 18.7 Å². The zero-order valence-electron chi connectivity index (χ0n) is 36.4. The topological polar surface area (TPSA) is 220 Å². The van der Waals surface area contributed by atoms with Crippen molar-refractivity contribution in [2.75, 3.05) is 47.2 Å². The third-order valence-electron chi connectivity index (χ3n) is 13.5. The van der Waals surface area contributed by atoms with Crippen LogP contribution in [-0.4, -0.2) is 107 Å². The highest BCUT2D eigenvalue weighted by Crippen LogP contribution is 2.38. The Morgan fingerprint density at radius 1 is 0.868 bits per heavy atom. The number of nitriles is 1. The molecule has 10 rings (SSSR count). The molecule has 5 aliphatic heterocycles. The summed E-state index contributed by atoms with van der Waals surface area (Å²) in [6.07, 6.45) is 6.65. The van der Waals surface area contributed by atoms with Crippen molar-refractivity contribution >= 4 is 61.9 Å². The normalized spacial score (nSPS) is 21.4. The van der Waals surface area contributed by atoms with E-state index in [9.17, 15) is 42.0 Å². The number of anilines is 3. The van der Waals surface area contributed by atoms with Gasteiger partial charge in [0.2, 0.25) is 11.8 Å². The summed E-state index contributed by atoms with van der Waals surface area (Å²) in [5.41, 5.74) is 0.996. The highest BCUT2D eigenvalue weighted by Gasteiger charge is 2.45. The number of carbonyl (C=O) groups excluding carboxylic acids is 4. The van der Waals surface area contributed by atoms with Gasteiger partial charge in [-0.1, -0.05) is 0 Å². The summed E-state index contributed by atoms with van der Waals surface area (Å²) in [4.78, 5) is 79.5. The van der Waals surface area contributed by atoms with Crippen LogP contribution in [0.3, 0.4) is 0 Å². The first-order valence-corrected chi connectivity index (χ1v) is 23.9. The zero-order valence-corrected chi connectivity index (χ0v) is 37.3. The quantitative estimate of drug-likeness (QED) is 0.168. The van der Waals surface area contributed by atoms with Gasteiger partial charge in [0.15, 0.2) is 11.6 Å². The molecule has 5 aromatic rings. The first-order chi connectivity index (χ1) is 32.8. The number of hydrogen-bond acceptors (Lipinski definition) is 13. The Labute approximate surface area is 388 Å². The number of rotatable bonds is 11. The Morgan fingerprint density at radius 3 is 2.40 bits per heavy atom. The summed E-state index contributed by atoms with van der Waals surface area (Å²) in [5, 5.41) is 12.3. The van der Waals surface area contributed by atoms with Crippen LogP contribution in [0.1, 0.15) is 77.6 Å². The lowest BCUT2D eigenvalue weighted by molar-refractivity contribution is -0.136. The number of fused-ring (bicyclic) bond motifs is 2. The predicted octanol–water partition coefficient (Wildman–Crippen LogP) is 4.96. The fourth-order valence-electron chi connectivity index (χ4n) is 9.98. The molecule has 2 aromatic heterocycles. The van der Waals surface area contributed by atoms with Crippen molar-refractivity contribution in [3.8, 4) is 23.3 Å². The van der Waals surface area contributed by atoms with Gasteiger partial charge in [0.25, 0.3) is 17.4 Å². The fourth-order valence-corrected chi connectivity index (χ4v) is 11.3. The van der Waals surface area contributed by atoms with Crippen LogP contribution >= 0.6 is 0 Å². The highest BCUT2D eigenvalue weighted by atomic mass is 32.2. The van der Waals surface area contributed by atoms with E-state index in [1.165, 1.54) is 29.1 Å². The summed E-state index contributed by atoms with van der Waals surface area (Å²) >= 11 is 0. The molecule has 7 heterocycles. The Balaban J connectivity index is 0.780. The second kappa shape index (κ2) is 17.7. The number of alkyl halides is 1. The molecular weight excluding hydrogens is 903 g/mol. The lowest BCUT2D eigenvalue weighted by Gasteiger charge is -2.36. The molecule has 0 bridgehead atoms. The second-order valence-electron chi connectivity index (χ2n) is 17.7. The molecule has 2 unspecified atom stereocenters. The smallest absolute Gasteiger partial charge is 0.301 e. The van der Waals surface area contributed by atoms with Gasteiger partial charge < -0.3 is 14.5 Å². The number of pyridine rings is 1. The SMILES string of the molecule is N#Cc1c(NS(=O)(=O)N2CC[C@@H](F)C2)ccc(F)c1Oc1ccc2ncn(-c3ccc(N4CCC(CC5CCCN5c5ccc6c(c5)C(=O)N(C5CCC(=O)NC5=O)C6=O)CC4)nc3)c(=O)c2c1. The molecule has 350 valence electrons. The molecule has 18 nitrogen and oxygen atoms in total. The van der Waals surface area contributed by atoms with E-state index in [1.54, 1.807) is 30.5 Å². The number of halogens is 2. The molecule has 68 heavy (non-hydrogen) atoms. The molecule has 0 radical (unpaired) electrons. The number of amides is 4. The Hall–Kier alpha value is -7.31. The summed E-state index contributed by atoms with van der Waals surface area (Å²) in [5.74, 6) is -2.44. The largest absolute Gasteiger partial charge is 0.453 e. The molecule has 5 aliphatic rings. The Morgan fingerprint density at radius 2 is 1.66 bits per heavy atom. The fraction of sp³-hybridized carbons (Fsp3) is 0.362. The van der Waals surface area contributed by atoms with Gasteiger partial charge in [-0.2, -0.15) is 18.0 Å². The van der Waals surface area contributed by atoms with Gasteiger partial charge >= 0.3 is 10.2 Å². The Kier molecular flexibility index (Phi) is 11.6. The zero-order chi connectivity index (χ0) is 47.4. The van der Waals surface area contributed by atoms with Crippen LogP contribution < -0.4 is 30.1 Å². The molecular formula is C47H44F2N10O8S. The van der Waals surface area contributed by atoms with Crippen LogP contribution in [-0.2, 0) is 19.8 Å². The molecule has 0 spiro atoms. The summed E-state index contributed by atoms with van der Waals surface area (Å²) in [6, 6.07) is 16.3. The molecule has 3 aromatic carbocycles. The van der Waals surface area contributed by atoms with Gasteiger partial charge in [-0.15, -0.1) is 0 Å². The average Bonchev–Trinajstić information content (AvgIpc) is 4.06. The molecule has 0 saturated carbocycles. The minimum absolute atomic E-state index is 0.0145. The number of benzene rings is 3. The van der Waals surface area contributed by atoms with Crippen LogP contribution in [0.25, 0.3) is 16.6 Å². The second-order valence-corrected chi connectivity index (χ2v) is 19.3. The molecule has 21 heteroatoms. The maximum atomic E-state index is 15.2. The minimum Gasteiger partial charge on any atom is -0.453 e. The highest BCUT2D eigenvalue weighted by molar-refractivity contribution is 7.90. The molecule has 4 fully saturated rings. The lowest BCUT2D eigenvalue weighted by atomic mass is 9.89. The van der Waals surface area contributed by atoms with Gasteiger partial charge in [-0.3, -0.25) is 43.5 Å². The Bertz CT molecular complexity index is 3120. The van der Waals surface area contributed by atoms with Crippen LogP contribution in [0.15, 0.2) is 78.0 Å². The van der Waals surface area contributed by atoms with E-state index in [1.807, 2.05) is 12.1 Å². The van der Waals surface area contributed by atoms with Crippen molar-refractivity contribution in [2.24, 2.45) is 5.92 Å². The van der Waals surface area contributed by atoms with E-state index >= 15 is 4.39 Å². The van der Waals surface area contributed by atoms with Crippen molar-refractivity contribution in [1.29, 1.82) is 5.26 Å². The molecule has 4 amide bonds. The van der Waals surface area contributed by atoms with Crippen LogP contribution in [0.5, 0.6) is 11.5 Å². The van der Waals surface area contributed by atoms with Gasteiger partial charge in [-0.05, 0) is 112 Å². The van der Waals surface area contributed by atoms with E-state index in [2.05, 4.69) is 24.8 Å². The summed E-state index contributed by atoms with van der Waals surface area (Å²) in [7, 11) is -4.26.